The van der Waals surface area contributed by atoms with Gasteiger partial charge in [-0.3, -0.25) is 4.79 Å². The van der Waals surface area contributed by atoms with Crippen molar-refractivity contribution in [1.82, 2.24) is 4.31 Å². The largest absolute Gasteiger partial charge is 0.481 e. The third-order valence-electron chi connectivity index (χ3n) is 2.46. The molecule has 0 saturated carbocycles. The second-order valence-electron chi connectivity index (χ2n) is 3.69. The van der Waals surface area contributed by atoms with Gasteiger partial charge in [0.1, 0.15) is 4.90 Å². The molecule has 0 aliphatic heterocycles. The SMILES string of the molecule is CCN(CCC(=O)O)S(=O)(=O)c1cccc(Cl)c1Cl. The van der Waals surface area contributed by atoms with Crippen LogP contribution in [0.25, 0.3) is 0 Å². The molecule has 5 nitrogen and oxygen atoms in total. The van der Waals surface area contributed by atoms with Crippen molar-refractivity contribution in [2.45, 2.75) is 18.2 Å². The van der Waals surface area contributed by atoms with E-state index in [0.29, 0.717) is 0 Å². The van der Waals surface area contributed by atoms with Crippen molar-refractivity contribution in [3.05, 3.63) is 28.2 Å². The number of hydrogen-bond acceptors (Lipinski definition) is 3. The molecule has 8 heteroatoms. The zero-order chi connectivity index (χ0) is 14.6. The van der Waals surface area contributed by atoms with Gasteiger partial charge in [-0.2, -0.15) is 4.31 Å². The van der Waals surface area contributed by atoms with Crippen LogP contribution in [0.15, 0.2) is 23.1 Å². The highest BCUT2D eigenvalue weighted by molar-refractivity contribution is 7.89. The predicted molar refractivity (Wildman–Crippen MR) is 73.1 cm³/mol. The topological polar surface area (TPSA) is 74.7 Å². The number of benzene rings is 1. The molecule has 0 amide bonds. The van der Waals surface area contributed by atoms with Gasteiger partial charge in [-0.15, -0.1) is 0 Å². The van der Waals surface area contributed by atoms with E-state index in [1.807, 2.05) is 0 Å². The summed E-state index contributed by atoms with van der Waals surface area (Å²) < 4.78 is 25.7. The lowest BCUT2D eigenvalue weighted by Gasteiger charge is -2.20. The van der Waals surface area contributed by atoms with E-state index >= 15 is 0 Å². The summed E-state index contributed by atoms with van der Waals surface area (Å²) >= 11 is 11.7. The van der Waals surface area contributed by atoms with E-state index in [2.05, 4.69) is 0 Å². The zero-order valence-corrected chi connectivity index (χ0v) is 12.5. The van der Waals surface area contributed by atoms with Gasteiger partial charge in [0.25, 0.3) is 0 Å². The fourth-order valence-corrected chi connectivity index (χ4v) is 3.68. The number of carboxylic acid groups (broad SMARTS) is 1. The van der Waals surface area contributed by atoms with Crippen molar-refractivity contribution in [3.8, 4) is 0 Å². The maximum absolute atomic E-state index is 12.3. The Morgan fingerprint density at radius 3 is 2.53 bits per heavy atom. The van der Waals surface area contributed by atoms with Gasteiger partial charge >= 0.3 is 5.97 Å². The molecule has 0 heterocycles. The number of aliphatic carboxylic acids is 1. The molecule has 0 radical (unpaired) electrons. The molecule has 0 aromatic heterocycles. The highest BCUT2D eigenvalue weighted by Crippen LogP contribution is 2.30. The smallest absolute Gasteiger partial charge is 0.304 e. The van der Waals surface area contributed by atoms with Gasteiger partial charge in [0.2, 0.25) is 10.0 Å². The molecule has 1 aromatic rings. The van der Waals surface area contributed by atoms with Gasteiger partial charge in [0.05, 0.1) is 16.5 Å². The Kier molecular flexibility index (Phi) is 5.61. The van der Waals surface area contributed by atoms with E-state index in [4.69, 9.17) is 28.3 Å². The summed E-state index contributed by atoms with van der Waals surface area (Å²) in [4.78, 5) is 10.4. The Labute approximate surface area is 121 Å². The summed E-state index contributed by atoms with van der Waals surface area (Å²) in [5.74, 6) is -1.06. The van der Waals surface area contributed by atoms with Crippen molar-refractivity contribution >= 4 is 39.2 Å². The lowest BCUT2D eigenvalue weighted by molar-refractivity contribution is -0.137. The van der Waals surface area contributed by atoms with Gasteiger partial charge in [-0.25, -0.2) is 8.42 Å². The molecule has 1 rings (SSSR count). The summed E-state index contributed by atoms with van der Waals surface area (Å²) in [6.45, 7) is 1.66. The molecule has 0 atom stereocenters. The maximum Gasteiger partial charge on any atom is 0.304 e. The number of sulfonamides is 1. The summed E-state index contributed by atoms with van der Waals surface area (Å²) in [5, 5.41) is 8.70. The van der Waals surface area contributed by atoms with Gasteiger partial charge < -0.3 is 5.11 Å². The lowest BCUT2D eigenvalue weighted by Crippen LogP contribution is -2.33. The summed E-state index contributed by atoms with van der Waals surface area (Å²) in [6.07, 6.45) is -0.273. The molecular formula is C11H13Cl2NO4S. The standard InChI is InChI=1S/C11H13Cl2NO4S/c1-2-14(7-6-10(15)16)19(17,18)9-5-3-4-8(12)11(9)13/h3-5H,2,6-7H2,1H3,(H,15,16). The average molecular weight is 326 g/mol. The molecule has 106 valence electrons. The van der Waals surface area contributed by atoms with E-state index in [-0.39, 0.29) is 34.5 Å². The van der Waals surface area contributed by atoms with Crippen LogP contribution in [0.5, 0.6) is 0 Å². The van der Waals surface area contributed by atoms with E-state index in [1.165, 1.54) is 18.2 Å². The molecule has 0 spiro atoms. The maximum atomic E-state index is 12.3. The molecule has 0 saturated heterocycles. The first kappa shape index (κ1) is 16.2. The Bertz CT molecular complexity index is 574. The number of halogens is 2. The number of hydrogen-bond donors (Lipinski definition) is 1. The van der Waals surface area contributed by atoms with E-state index in [9.17, 15) is 13.2 Å². The number of carboxylic acids is 1. The number of nitrogens with zero attached hydrogens (tertiary/aromatic N) is 1. The van der Waals surface area contributed by atoms with Crippen LogP contribution >= 0.6 is 23.2 Å². The van der Waals surface area contributed by atoms with Crippen LogP contribution in [-0.4, -0.2) is 36.9 Å². The van der Waals surface area contributed by atoms with Crippen molar-refractivity contribution in [1.29, 1.82) is 0 Å². The van der Waals surface area contributed by atoms with Gasteiger partial charge in [-0.1, -0.05) is 36.2 Å². The minimum Gasteiger partial charge on any atom is -0.481 e. The minimum atomic E-state index is -3.85. The molecule has 1 aromatic carbocycles. The monoisotopic (exact) mass is 325 g/mol. The quantitative estimate of drug-likeness (QED) is 0.871. The Morgan fingerprint density at radius 2 is 2.00 bits per heavy atom. The van der Waals surface area contributed by atoms with Gasteiger partial charge in [-0.05, 0) is 12.1 Å². The second-order valence-corrected chi connectivity index (χ2v) is 6.38. The first-order valence-corrected chi connectivity index (χ1v) is 7.66. The summed E-state index contributed by atoms with van der Waals surface area (Å²) in [5.41, 5.74) is 0. The minimum absolute atomic E-state index is 0.0575. The molecular weight excluding hydrogens is 313 g/mol. The molecule has 0 aliphatic rings. The van der Waals surface area contributed by atoms with Gasteiger partial charge in [0.15, 0.2) is 0 Å². The third kappa shape index (κ3) is 3.82. The van der Waals surface area contributed by atoms with E-state index in [1.54, 1.807) is 6.92 Å². The highest BCUT2D eigenvalue weighted by Gasteiger charge is 2.26. The van der Waals surface area contributed by atoms with Crippen LogP contribution in [-0.2, 0) is 14.8 Å². The molecule has 0 aliphatic carbocycles. The zero-order valence-electron chi connectivity index (χ0n) is 10.1. The number of carbonyl (C=O) groups is 1. The molecule has 19 heavy (non-hydrogen) atoms. The normalized spacial score (nSPS) is 11.8. The van der Waals surface area contributed by atoms with Crippen molar-refractivity contribution in [2.75, 3.05) is 13.1 Å². The first-order valence-electron chi connectivity index (χ1n) is 5.46. The second kappa shape index (κ2) is 6.56. The van der Waals surface area contributed by atoms with E-state index in [0.717, 1.165) is 4.31 Å². The van der Waals surface area contributed by atoms with Gasteiger partial charge in [0, 0.05) is 13.1 Å². The fourth-order valence-electron chi connectivity index (χ4n) is 1.49. The molecule has 1 N–H and O–H groups in total. The van der Waals surface area contributed by atoms with Crippen LogP contribution in [0.4, 0.5) is 0 Å². The Morgan fingerprint density at radius 1 is 1.37 bits per heavy atom. The predicted octanol–water partition coefficient (Wildman–Crippen LogP) is 2.48. The fraction of sp³-hybridized carbons (Fsp3) is 0.364. The molecule has 0 unspecified atom stereocenters. The summed E-state index contributed by atoms with van der Waals surface area (Å²) in [7, 11) is -3.85. The summed E-state index contributed by atoms with van der Waals surface area (Å²) in [6, 6.07) is 4.30. The van der Waals surface area contributed by atoms with Crippen molar-refractivity contribution in [2.24, 2.45) is 0 Å². The highest BCUT2D eigenvalue weighted by atomic mass is 35.5. The van der Waals surface area contributed by atoms with Crippen molar-refractivity contribution < 1.29 is 18.3 Å². The Hall–Kier alpha value is -0.820. The van der Waals surface area contributed by atoms with Crippen LogP contribution in [0.2, 0.25) is 10.0 Å². The number of rotatable bonds is 6. The van der Waals surface area contributed by atoms with Crippen LogP contribution in [0, 0.1) is 0 Å². The van der Waals surface area contributed by atoms with Crippen LogP contribution in [0.1, 0.15) is 13.3 Å². The van der Waals surface area contributed by atoms with Crippen LogP contribution in [0.3, 0.4) is 0 Å². The third-order valence-corrected chi connectivity index (χ3v) is 5.41. The molecule has 0 fully saturated rings. The van der Waals surface area contributed by atoms with Crippen molar-refractivity contribution in [3.63, 3.8) is 0 Å². The molecule has 0 bridgehead atoms. The lowest BCUT2D eigenvalue weighted by atomic mass is 10.4. The van der Waals surface area contributed by atoms with Crippen LogP contribution < -0.4 is 0 Å². The van der Waals surface area contributed by atoms with E-state index < -0.39 is 16.0 Å². The Balaban J connectivity index is 3.13. The first-order chi connectivity index (χ1) is 8.80. The average Bonchev–Trinajstić information content (AvgIpc) is 2.32.